The maximum atomic E-state index is 12.9. The number of aromatic nitrogens is 2. The quantitative estimate of drug-likeness (QED) is 0.888. The molecule has 0 fully saturated rings. The lowest BCUT2D eigenvalue weighted by Crippen LogP contribution is -2.42. The van der Waals surface area contributed by atoms with Gasteiger partial charge in [0.15, 0.2) is 0 Å². The molecular formula is C17H21N3O2. The smallest absolute Gasteiger partial charge is 0.273 e. The van der Waals surface area contributed by atoms with Crippen LogP contribution < -0.4 is 0 Å². The minimum Gasteiger partial charge on any atom is -0.394 e. The molecule has 1 atom stereocenters. The van der Waals surface area contributed by atoms with E-state index in [1.165, 1.54) is 0 Å². The molecule has 0 spiro atoms. The fourth-order valence-corrected chi connectivity index (χ4v) is 2.33. The third-order valence-electron chi connectivity index (χ3n) is 3.65. The van der Waals surface area contributed by atoms with Crippen LogP contribution in [0.5, 0.6) is 0 Å². The van der Waals surface area contributed by atoms with Crippen LogP contribution in [0.1, 0.15) is 35.1 Å². The van der Waals surface area contributed by atoms with E-state index in [-0.39, 0.29) is 18.6 Å². The summed E-state index contributed by atoms with van der Waals surface area (Å²) in [5, 5.41) is 9.60. The Labute approximate surface area is 130 Å². The molecule has 0 unspecified atom stereocenters. The van der Waals surface area contributed by atoms with Crippen molar-refractivity contribution in [1.82, 2.24) is 14.9 Å². The summed E-state index contributed by atoms with van der Waals surface area (Å²) in [5.41, 5.74) is 2.04. The molecule has 2 aromatic rings. The Bertz CT molecular complexity index is 612. The molecule has 0 radical (unpaired) electrons. The van der Waals surface area contributed by atoms with Crippen LogP contribution in [-0.4, -0.2) is 38.5 Å². The summed E-state index contributed by atoms with van der Waals surface area (Å²) >= 11 is 0. The zero-order valence-electron chi connectivity index (χ0n) is 12.9. The number of hydrogen-bond acceptors (Lipinski definition) is 4. The summed E-state index contributed by atoms with van der Waals surface area (Å²) in [6.07, 6.45) is 3.98. The van der Waals surface area contributed by atoms with E-state index < -0.39 is 0 Å². The second kappa shape index (κ2) is 7.66. The van der Waals surface area contributed by atoms with Gasteiger partial charge in [-0.25, -0.2) is 0 Å². The zero-order valence-corrected chi connectivity index (χ0v) is 12.9. The largest absolute Gasteiger partial charge is 0.394 e. The first-order valence-corrected chi connectivity index (χ1v) is 7.40. The van der Waals surface area contributed by atoms with Gasteiger partial charge in [-0.15, -0.1) is 0 Å². The lowest BCUT2D eigenvalue weighted by Gasteiger charge is -2.29. The Morgan fingerprint density at radius 3 is 2.59 bits per heavy atom. The molecule has 2 rings (SSSR count). The molecule has 2 heterocycles. The SMILES string of the molecule is CC[C@@H](CO)N(Cc1ccccn1)C(=O)c1ncccc1C. The van der Waals surface area contributed by atoms with Crippen molar-refractivity contribution in [2.45, 2.75) is 32.9 Å². The van der Waals surface area contributed by atoms with Gasteiger partial charge in [-0.05, 0) is 37.1 Å². The number of aliphatic hydroxyl groups excluding tert-OH is 1. The third-order valence-corrected chi connectivity index (χ3v) is 3.65. The van der Waals surface area contributed by atoms with E-state index in [2.05, 4.69) is 9.97 Å². The van der Waals surface area contributed by atoms with E-state index in [0.717, 1.165) is 11.3 Å². The minimum absolute atomic E-state index is 0.0824. The van der Waals surface area contributed by atoms with Crippen LogP contribution in [0, 0.1) is 6.92 Å². The molecule has 1 N–H and O–H groups in total. The van der Waals surface area contributed by atoms with Crippen molar-refractivity contribution >= 4 is 5.91 Å². The van der Waals surface area contributed by atoms with Gasteiger partial charge in [-0.3, -0.25) is 14.8 Å². The number of aryl methyl sites for hydroxylation is 1. The number of pyridine rings is 2. The van der Waals surface area contributed by atoms with E-state index in [4.69, 9.17) is 0 Å². The Kier molecular flexibility index (Phi) is 5.61. The average Bonchev–Trinajstić information content (AvgIpc) is 2.56. The predicted molar refractivity (Wildman–Crippen MR) is 84.2 cm³/mol. The van der Waals surface area contributed by atoms with E-state index in [0.29, 0.717) is 18.7 Å². The second-order valence-corrected chi connectivity index (χ2v) is 5.17. The van der Waals surface area contributed by atoms with Crippen LogP contribution in [0.25, 0.3) is 0 Å². The van der Waals surface area contributed by atoms with E-state index in [1.54, 1.807) is 23.4 Å². The summed E-state index contributed by atoms with van der Waals surface area (Å²) in [5.74, 6) is -0.176. The highest BCUT2D eigenvalue weighted by Crippen LogP contribution is 2.15. The molecule has 5 heteroatoms. The van der Waals surface area contributed by atoms with Gasteiger partial charge in [0.25, 0.3) is 5.91 Å². The van der Waals surface area contributed by atoms with Crippen molar-refractivity contribution in [2.75, 3.05) is 6.61 Å². The minimum atomic E-state index is -0.254. The molecule has 0 bridgehead atoms. The molecule has 22 heavy (non-hydrogen) atoms. The van der Waals surface area contributed by atoms with Gasteiger partial charge < -0.3 is 10.0 Å². The van der Waals surface area contributed by atoms with Crippen LogP contribution in [0.2, 0.25) is 0 Å². The summed E-state index contributed by atoms with van der Waals surface area (Å²) in [7, 11) is 0. The Morgan fingerprint density at radius 2 is 2.00 bits per heavy atom. The van der Waals surface area contributed by atoms with Crippen molar-refractivity contribution in [3.8, 4) is 0 Å². The lowest BCUT2D eigenvalue weighted by atomic mass is 10.1. The first-order valence-electron chi connectivity index (χ1n) is 7.40. The normalized spacial score (nSPS) is 12.0. The van der Waals surface area contributed by atoms with Gasteiger partial charge in [0.1, 0.15) is 5.69 Å². The molecule has 0 aliphatic rings. The number of aliphatic hydroxyl groups is 1. The Morgan fingerprint density at radius 1 is 1.23 bits per heavy atom. The summed E-state index contributed by atoms with van der Waals surface area (Å²) in [6, 6.07) is 9.00. The van der Waals surface area contributed by atoms with Crippen molar-refractivity contribution in [3.05, 3.63) is 59.7 Å². The molecule has 116 valence electrons. The first kappa shape index (κ1) is 16.1. The van der Waals surface area contributed by atoms with Crippen LogP contribution in [-0.2, 0) is 6.54 Å². The van der Waals surface area contributed by atoms with Crippen LogP contribution >= 0.6 is 0 Å². The third kappa shape index (κ3) is 3.68. The Hall–Kier alpha value is -2.27. The van der Waals surface area contributed by atoms with Gasteiger partial charge in [-0.1, -0.05) is 19.1 Å². The molecule has 5 nitrogen and oxygen atoms in total. The standard InChI is InChI=1S/C17H21N3O2/c1-3-15(12-21)20(11-14-8-4-5-9-18-14)17(22)16-13(2)7-6-10-19-16/h4-10,15,21H,3,11-12H2,1-2H3/t15-/m0/s1. The van der Waals surface area contributed by atoms with E-state index in [1.807, 2.05) is 38.1 Å². The Balaban J connectivity index is 2.32. The summed E-state index contributed by atoms with van der Waals surface area (Å²) in [6.45, 7) is 4.08. The molecular weight excluding hydrogens is 278 g/mol. The van der Waals surface area contributed by atoms with Crippen LogP contribution in [0.15, 0.2) is 42.7 Å². The predicted octanol–water partition coefficient (Wildman–Crippen LogP) is 2.20. The van der Waals surface area contributed by atoms with Crippen molar-refractivity contribution in [2.24, 2.45) is 0 Å². The molecule has 2 aromatic heterocycles. The lowest BCUT2D eigenvalue weighted by molar-refractivity contribution is 0.0553. The number of hydrogen-bond donors (Lipinski definition) is 1. The summed E-state index contributed by atoms with van der Waals surface area (Å²) in [4.78, 5) is 23.0. The molecule has 0 aliphatic carbocycles. The average molecular weight is 299 g/mol. The fraction of sp³-hybridized carbons (Fsp3) is 0.353. The van der Waals surface area contributed by atoms with E-state index in [9.17, 15) is 9.90 Å². The fourth-order valence-electron chi connectivity index (χ4n) is 2.33. The van der Waals surface area contributed by atoms with Gasteiger partial charge in [-0.2, -0.15) is 0 Å². The highest BCUT2D eigenvalue weighted by molar-refractivity contribution is 5.93. The molecule has 0 saturated carbocycles. The van der Waals surface area contributed by atoms with Gasteiger partial charge in [0.2, 0.25) is 0 Å². The molecule has 0 aromatic carbocycles. The van der Waals surface area contributed by atoms with Crippen LogP contribution in [0.3, 0.4) is 0 Å². The molecule has 0 saturated heterocycles. The number of rotatable bonds is 6. The maximum absolute atomic E-state index is 12.9. The number of amides is 1. The monoisotopic (exact) mass is 299 g/mol. The van der Waals surface area contributed by atoms with Gasteiger partial charge >= 0.3 is 0 Å². The van der Waals surface area contributed by atoms with Crippen molar-refractivity contribution in [3.63, 3.8) is 0 Å². The number of carbonyl (C=O) groups excluding carboxylic acids is 1. The molecule has 0 aliphatic heterocycles. The van der Waals surface area contributed by atoms with Gasteiger partial charge in [0.05, 0.1) is 24.9 Å². The van der Waals surface area contributed by atoms with Gasteiger partial charge in [0, 0.05) is 12.4 Å². The highest BCUT2D eigenvalue weighted by atomic mass is 16.3. The highest BCUT2D eigenvalue weighted by Gasteiger charge is 2.25. The molecule has 1 amide bonds. The number of nitrogens with zero attached hydrogens (tertiary/aromatic N) is 3. The summed E-state index contributed by atoms with van der Waals surface area (Å²) < 4.78 is 0. The van der Waals surface area contributed by atoms with Crippen molar-refractivity contribution in [1.29, 1.82) is 0 Å². The first-order chi connectivity index (χ1) is 10.7. The van der Waals surface area contributed by atoms with Crippen molar-refractivity contribution < 1.29 is 9.90 Å². The van der Waals surface area contributed by atoms with Crippen LogP contribution in [0.4, 0.5) is 0 Å². The maximum Gasteiger partial charge on any atom is 0.273 e. The number of carbonyl (C=O) groups is 1. The zero-order chi connectivity index (χ0) is 15.9. The van der Waals surface area contributed by atoms with E-state index >= 15 is 0 Å². The topological polar surface area (TPSA) is 66.3 Å². The second-order valence-electron chi connectivity index (χ2n) is 5.17.